The second-order valence-corrected chi connectivity index (χ2v) is 20.3. The molecular weight excluding hydrogens is 903 g/mol. The Morgan fingerprint density at radius 3 is 1.37 bits per heavy atom. The molecule has 0 N–H and O–H groups in total. The third-order valence-corrected chi connectivity index (χ3v) is 15.8. The van der Waals surface area contributed by atoms with Gasteiger partial charge in [0.1, 0.15) is 0 Å². The van der Waals surface area contributed by atoms with Gasteiger partial charge in [-0.05, 0) is 132 Å². The Bertz CT molecular complexity index is 4160. The molecule has 14 rings (SSSR count). The van der Waals surface area contributed by atoms with Gasteiger partial charge in [-0.2, -0.15) is 0 Å². The van der Waals surface area contributed by atoms with Gasteiger partial charge in [-0.1, -0.05) is 166 Å². The summed E-state index contributed by atoms with van der Waals surface area (Å²) in [6, 6.07) is 82.6. The fraction of sp³-hybridized carbons (Fsp3) is 0.0725. The Morgan fingerprint density at radius 2 is 0.822 bits per heavy atom. The van der Waals surface area contributed by atoms with E-state index in [1.165, 1.54) is 103 Å². The number of aromatic nitrogens is 2. The van der Waals surface area contributed by atoms with Crippen LogP contribution in [0.4, 0.5) is 17.1 Å². The number of benzene rings is 10. The van der Waals surface area contributed by atoms with Crippen molar-refractivity contribution in [3.63, 3.8) is 0 Å². The largest absolute Gasteiger partial charge is 0.311 e. The zero-order valence-corrected chi connectivity index (χ0v) is 42.5. The van der Waals surface area contributed by atoms with Crippen molar-refractivity contribution < 1.29 is 0 Å². The highest BCUT2D eigenvalue weighted by Crippen LogP contribution is 2.51. The topological polar surface area (TPSA) is 13.1 Å². The number of anilines is 3. The van der Waals surface area contributed by atoms with E-state index in [2.05, 4.69) is 265 Å². The van der Waals surface area contributed by atoms with Crippen molar-refractivity contribution in [3.05, 3.63) is 261 Å². The number of thiophene rings is 1. The van der Waals surface area contributed by atoms with Crippen LogP contribution in [0, 0.1) is 0 Å². The van der Waals surface area contributed by atoms with Gasteiger partial charge in [0.2, 0.25) is 0 Å². The molecule has 3 nitrogen and oxygen atoms in total. The van der Waals surface area contributed by atoms with E-state index < -0.39 is 0 Å². The fourth-order valence-corrected chi connectivity index (χ4v) is 12.8. The van der Waals surface area contributed by atoms with Gasteiger partial charge in [-0.3, -0.25) is 0 Å². The van der Waals surface area contributed by atoms with Crippen LogP contribution in [0.5, 0.6) is 0 Å². The van der Waals surface area contributed by atoms with Crippen LogP contribution in [0.25, 0.3) is 97.4 Å². The molecule has 1 aliphatic carbocycles. The van der Waals surface area contributed by atoms with Crippen LogP contribution in [0.3, 0.4) is 0 Å². The van der Waals surface area contributed by atoms with Gasteiger partial charge >= 0.3 is 0 Å². The van der Waals surface area contributed by atoms with Crippen LogP contribution >= 0.6 is 11.3 Å². The Kier molecular flexibility index (Phi) is 11.5. The first kappa shape index (κ1) is 45.4. The molecule has 3 heterocycles. The summed E-state index contributed by atoms with van der Waals surface area (Å²) < 4.78 is 7.62. The second kappa shape index (κ2) is 18.5. The molecule has 0 saturated heterocycles. The first-order valence-corrected chi connectivity index (χ1v) is 26.0. The maximum Gasteiger partial charge on any atom is 0.0555 e. The molecule has 0 fully saturated rings. The Morgan fingerprint density at radius 1 is 0.397 bits per heavy atom. The Labute approximate surface area is 431 Å². The zero-order valence-electron chi connectivity index (χ0n) is 41.7. The van der Waals surface area contributed by atoms with E-state index in [1.807, 2.05) is 25.2 Å². The standard InChI is InChI=1S/C63H43N3S.2C3H6/c1-63(2)53-22-12-9-19-47(53)48-34-33-46(39-54(48)63)66-56-24-14-11-21-52(56)60-58(66)38-36-50-49-35-37-57-59(61(49)67-62(50)60)51-20-10-13-23-55(51)65(57)45-31-27-41(28-32-45)40-25-29-44(30-26-40)64(42-15-5-3-6-16-42)43-17-7-4-8-18-43;2*1-3-2/h3-39H,1-2H3;2*3H,1H2,2H3. The van der Waals surface area contributed by atoms with Gasteiger partial charge in [0, 0.05) is 75.6 Å². The molecule has 352 valence electrons. The summed E-state index contributed by atoms with van der Waals surface area (Å²) in [7, 11) is 0. The minimum Gasteiger partial charge on any atom is -0.311 e. The van der Waals surface area contributed by atoms with Crippen LogP contribution < -0.4 is 4.90 Å². The lowest BCUT2D eigenvalue weighted by Gasteiger charge is -2.25. The van der Waals surface area contributed by atoms with Crippen LogP contribution in [0.15, 0.2) is 250 Å². The minimum absolute atomic E-state index is 0.0762. The monoisotopic (exact) mass is 957 g/mol. The minimum atomic E-state index is -0.0762. The number of hydrogen-bond donors (Lipinski definition) is 0. The van der Waals surface area contributed by atoms with Crippen molar-refractivity contribution in [2.75, 3.05) is 4.90 Å². The van der Waals surface area contributed by atoms with Crippen LogP contribution in [-0.2, 0) is 5.41 Å². The van der Waals surface area contributed by atoms with Crippen LogP contribution in [0.2, 0.25) is 0 Å². The van der Waals surface area contributed by atoms with Crippen molar-refractivity contribution in [2.24, 2.45) is 0 Å². The number of rotatable bonds is 6. The van der Waals surface area contributed by atoms with E-state index in [4.69, 9.17) is 0 Å². The summed E-state index contributed by atoms with van der Waals surface area (Å²) in [4.78, 5) is 2.30. The average molecular weight is 958 g/mol. The van der Waals surface area contributed by atoms with Crippen molar-refractivity contribution in [3.8, 4) is 33.6 Å². The normalized spacial score (nSPS) is 12.3. The molecule has 10 aromatic carbocycles. The molecule has 0 saturated carbocycles. The highest BCUT2D eigenvalue weighted by atomic mass is 32.1. The molecule has 3 aromatic heterocycles. The van der Waals surface area contributed by atoms with Crippen LogP contribution in [0.1, 0.15) is 38.8 Å². The van der Waals surface area contributed by atoms with Gasteiger partial charge < -0.3 is 14.0 Å². The van der Waals surface area contributed by atoms with Crippen molar-refractivity contribution >= 4 is 92.2 Å². The summed E-state index contributed by atoms with van der Waals surface area (Å²) >= 11 is 1.95. The third kappa shape index (κ3) is 7.40. The molecule has 73 heavy (non-hydrogen) atoms. The number of allylic oxidation sites excluding steroid dienone is 2. The van der Waals surface area contributed by atoms with Gasteiger partial charge in [-0.25, -0.2) is 0 Å². The first-order valence-electron chi connectivity index (χ1n) is 25.1. The fourth-order valence-electron chi connectivity index (χ4n) is 11.4. The van der Waals surface area contributed by atoms with E-state index in [1.54, 1.807) is 12.2 Å². The van der Waals surface area contributed by atoms with Gasteiger partial charge in [0.05, 0.1) is 22.1 Å². The summed E-state index contributed by atoms with van der Waals surface area (Å²) in [6.45, 7) is 15.2. The number of fused-ring (bicyclic) bond motifs is 14. The Balaban J connectivity index is 0.000000865. The van der Waals surface area contributed by atoms with Crippen molar-refractivity contribution in [1.82, 2.24) is 9.13 Å². The molecule has 0 atom stereocenters. The molecule has 0 radical (unpaired) electrons. The number of para-hydroxylation sites is 4. The lowest BCUT2D eigenvalue weighted by Crippen LogP contribution is -2.15. The van der Waals surface area contributed by atoms with Crippen molar-refractivity contribution in [2.45, 2.75) is 33.1 Å². The van der Waals surface area contributed by atoms with Gasteiger partial charge in [0.15, 0.2) is 0 Å². The van der Waals surface area contributed by atoms with Gasteiger partial charge in [0.25, 0.3) is 0 Å². The predicted molar refractivity (Wildman–Crippen MR) is 317 cm³/mol. The molecule has 0 amide bonds. The van der Waals surface area contributed by atoms with Crippen molar-refractivity contribution in [1.29, 1.82) is 0 Å². The van der Waals surface area contributed by atoms with E-state index in [9.17, 15) is 0 Å². The summed E-state index contributed by atoms with van der Waals surface area (Å²) in [5, 5.41) is 7.82. The molecule has 13 aromatic rings. The third-order valence-electron chi connectivity index (χ3n) is 14.5. The SMILES string of the molecule is C=CC.C=CC.CC1(C)c2ccccc2-c2ccc(-n3c4ccccc4c4c5sc6c(ccc7c6c6ccccc6n7-c6ccc(-c7ccc(N(c8ccccc8)c8ccccc8)cc7)cc6)c5ccc43)cc21. The van der Waals surface area contributed by atoms with Gasteiger partial charge in [-0.15, -0.1) is 24.5 Å². The van der Waals surface area contributed by atoms with E-state index in [-0.39, 0.29) is 5.41 Å². The smallest absolute Gasteiger partial charge is 0.0555 e. The predicted octanol–water partition coefficient (Wildman–Crippen LogP) is 20.1. The quantitative estimate of drug-likeness (QED) is 0.151. The molecule has 4 heteroatoms. The molecular formula is C69H55N3S. The first-order chi connectivity index (χ1) is 35.8. The molecule has 0 unspecified atom stereocenters. The zero-order chi connectivity index (χ0) is 49.8. The average Bonchev–Trinajstić information content (AvgIpc) is 4.15. The summed E-state index contributed by atoms with van der Waals surface area (Å²) in [6.07, 6.45) is 3.50. The van der Waals surface area contributed by atoms with E-state index >= 15 is 0 Å². The summed E-state index contributed by atoms with van der Waals surface area (Å²) in [5.41, 5.74) is 18.4. The highest BCUT2D eigenvalue weighted by molar-refractivity contribution is 7.27. The lowest BCUT2D eigenvalue weighted by atomic mass is 9.82. The molecule has 0 aliphatic heterocycles. The van der Waals surface area contributed by atoms with E-state index in [0.29, 0.717) is 0 Å². The molecule has 1 aliphatic rings. The van der Waals surface area contributed by atoms with Crippen LogP contribution in [-0.4, -0.2) is 9.13 Å². The number of hydrogen-bond acceptors (Lipinski definition) is 2. The second-order valence-electron chi connectivity index (χ2n) is 19.3. The lowest BCUT2D eigenvalue weighted by molar-refractivity contribution is 0.660. The highest BCUT2D eigenvalue weighted by Gasteiger charge is 2.35. The summed E-state index contributed by atoms with van der Waals surface area (Å²) in [5.74, 6) is 0. The Hall–Kier alpha value is -8.70. The van der Waals surface area contributed by atoms with E-state index in [0.717, 1.165) is 22.7 Å². The number of nitrogens with zero attached hydrogens (tertiary/aromatic N) is 3. The molecule has 0 spiro atoms. The maximum absolute atomic E-state index is 3.36. The molecule has 0 bridgehead atoms. The maximum atomic E-state index is 3.36.